The van der Waals surface area contributed by atoms with Gasteiger partial charge in [-0.05, 0) is 86.2 Å². The fraction of sp³-hybridized carbons (Fsp3) is 0.741. The van der Waals surface area contributed by atoms with Crippen molar-refractivity contribution in [1.29, 1.82) is 0 Å². The average molecular weight is 495 g/mol. The lowest BCUT2D eigenvalue weighted by molar-refractivity contribution is -0.158. The van der Waals surface area contributed by atoms with E-state index in [1.165, 1.54) is 0 Å². The van der Waals surface area contributed by atoms with Gasteiger partial charge in [0.05, 0.1) is 24.0 Å². The Kier molecular flexibility index (Phi) is 12.5. The summed E-state index contributed by atoms with van der Waals surface area (Å²) >= 11 is 0. The molecule has 1 amide bonds. The van der Waals surface area contributed by atoms with Gasteiger partial charge in [-0.3, -0.25) is 9.59 Å². The van der Waals surface area contributed by atoms with E-state index in [0.29, 0.717) is 45.6 Å². The molecule has 2 aliphatic heterocycles. The van der Waals surface area contributed by atoms with Gasteiger partial charge in [0.15, 0.2) is 0 Å². The zero-order chi connectivity index (χ0) is 26.5. The molecule has 8 heteroatoms. The van der Waals surface area contributed by atoms with Gasteiger partial charge in [0.1, 0.15) is 5.60 Å². The number of carbonyl (C=O) groups is 3. The maximum atomic E-state index is 12.2. The van der Waals surface area contributed by atoms with Crippen LogP contribution < -0.4 is 5.32 Å². The second-order valence-electron chi connectivity index (χ2n) is 10.2. The summed E-state index contributed by atoms with van der Waals surface area (Å²) in [4.78, 5) is 37.7. The summed E-state index contributed by atoms with van der Waals surface area (Å²) < 4.78 is 15.7. The van der Waals surface area contributed by atoms with Crippen LogP contribution in [0.5, 0.6) is 0 Å². The van der Waals surface area contributed by atoms with E-state index in [1.54, 1.807) is 17.9 Å². The number of ether oxygens (including phenoxy) is 3. The van der Waals surface area contributed by atoms with Crippen molar-refractivity contribution in [2.24, 2.45) is 10.8 Å². The van der Waals surface area contributed by atoms with E-state index in [0.717, 1.165) is 32.4 Å². The third-order valence-corrected chi connectivity index (χ3v) is 6.42. The van der Waals surface area contributed by atoms with Crippen molar-refractivity contribution in [3.05, 3.63) is 25.3 Å². The number of carbonyl (C=O) groups excluding carboxylic acids is 3. The Morgan fingerprint density at radius 1 is 0.857 bits per heavy atom. The summed E-state index contributed by atoms with van der Waals surface area (Å²) in [5.74, 6) is -0.241. The molecule has 0 saturated carbocycles. The molecule has 0 unspecified atom stereocenters. The minimum absolute atomic E-state index is 0.0543. The van der Waals surface area contributed by atoms with Crippen LogP contribution in [0, 0.1) is 10.8 Å². The van der Waals surface area contributed by atoms with Gasteiger partial charge < -0.3 is 24.4 Å². The number of piperidine rings is 2. The molecule has 0 atom stereocenters. The quantitative estimate of drug-likeness (QED) is 0.298. The second kappa shape index (κ2) is 14.3. The Bertz CT molecular complexity index is 714. The number of nitrogens with zero attached hydrogens (tertiary/aromatic N) is 1. The van der Waals surface area contributed by atoms with Crippen LogP contribution in [0.4, 0.5) is 4.79 Å². The summed E-state index contributed by atoms with van der Waals surface area (Å²) in [6.07, 6.45) is 7.44. The molecule has 0 radical (unpaired) electrons. The number of nitrogens with one attached hydrogen (secondary N) is 1. The fourth-order valence-corrected chi connectivity index (χ4v) is 4.45. The van der Waals surface area contributed by atoms with Crippen LogP contribution in [0.2, 0.25) is 0 Å². The van der Waals surface area contributed by atoms with Crippen LogP contribution in [-0.2, 0) is 23.8 Å². The van der Waals surface area contributed by atoms with E-state index in [1.807, 2.05) is 33.8 Å². The molecule has 2 heterocycles. The van der Waals surface area contributed by atoms with Gasteiger partial charge in [0.2, 0.25) is 0 Å². The predicted molar refractivity (Wildman–Crippen MR) is 137 cm³/mol. The summed E-state index contributed by atoms with van der Waals surface area (Å²) in [6.45, 7) is 20.2. The lowest BCUT2D eigenvalue weighted by Gasteiger charge is -2.39. The molecule has 0 aromatic carbocycles. The molecule has 0 spiro atoms. The minimum atomic E-state index is -0.545. The summed E-state index contributed by atoms with van der Waals surface area (Å²) in [5, 5.41) is 3.25. The van der Waals surface area contributed by atoms with E-state index >= 15 is 0 Å². The smallest absolute Gasteiger partial charge is 0.410 e. The molecule has 0 aromatic rings. The lowest BCUT2D eigenvalue weighted by Crippen LogP contribution is -2.48. The lowest BCUT2D eigenvalue weighted by atomic mass is 9.75. The first-order valence-electron chi connectivity index (χ1n) is 12.7. The molecule has 0 aromatic heterocycles. The van der Waals surface area contributed by atoms with E-state index in [2.05, 4.69) is 18.5 Å². The van der Waals surface area contributed by atoms with Crippen LogP contribution in [-0.4, -0.2) is 67.9 Å². The number of allylic oxidation sites excluding steroid dienone is 2. The molecule has 200 valence electrons. The normalized spacial score (nSPS) is 18.8. The highest BCUT2D eigenvalue weighted by Gasteiger charge is 2.43. The third-order valence-electron chi connectivity index (χ3n) is 6.42. The molecule has 1 N–H and O–H groups in total. The van der Waals surface area contributed by atoms with E-state index in [4.69, 9.17) is 14.2 Å². The van der Waals surface area contributed by atoms with Crippen molar-refractivity contribution in [3.8, 4) is 0 Å². The van der Waals surface area contributed by atoms with Gasteiger partial charge in [-0.1, -0.05) is 12.2 Å². The highest BCUT2D eigenvalue weighted by molar-refractivity contribution is 5.78. The number of hydrogen-bond acceptors (Lipinski definition) is 7. The molecule has 8 nitrogen and oxygen atoms in total. The number of amides is 1. The van der Waals surface area contributed by atoms with Crippen molar-refractivity contribution in [2.75, 3.05) is 39.4 Å². The van der Waals surface area contributed by atoms with Crippen molar-refractivity contribution in [3.63, 3.8) is 0 Å². The molecular weight excluding hydrogens is 448 g/mol. The highest BCUT2D eigenvalue weighted by atomic mass is 16.6. The van der Waals surface area contributed by atoms with Crippen molar-refractivity contribution >= 4 is 18.0 Å². The maximum absolute atomic E-state index is 12.2. The van der Waals surface area contributed by atoms with Crippen molar-refractivity contribution < 1.29 is 28.6 Å². The highest BCUT2D eigenvalue weighted by Crippen LogP contribution is 2.37. The molecule has 0 aliphatic carbocycles. The van der Waals surface area contributed by atoms with Crippen LogP contribution in [0.3, 0.4) is 0 Å². The van der Waals surface area contributed by atoms with Gasteiger partial charge in [-0.25, -0.2) is 4.79 Å². The SMILES string of the molecule is C=CCC1(C(=O)OCC)CCN(C(=O)OC(C)(C)C)CC1.C=CCC1(C(=O)OCC)CCNCC1. The number of likely N-dealkylation sites (tertiary alicyclic amines) is 1. The van der Waals surface area contributed by atoms with Crippen LogP contribution in [0.15, 0.2) is 25.3 Å². The van der Waals surface area contributed by atoms with Gasteiger partial charge >= 0.3 is 18.0 Å². The number of hydrogen-bond donors (Lipinski definition) is 1. The summed E-state index contributed by atoms with van der Waals surface area (Å²) in [6, 6.07) is 0. The second-order valence-corrected chi connectivity index (χ2v) is 10.2. The first-order valence-corrected chi connectivity index (χ1v) is 12.7. The largest absolute Gasteiger partial charge is 0.466 e. The third kappa shape index (κ3) is 9.32. The average Bonchev–Trinajstić information content (AvgIpc) is 2.80. The molecule has 35 heavy (non-hydrogen) atoms. The van der Waals surface area contributed by atoms with E-state index < -0.39 is 11.0 Å². The molecular formula is C27H46N2O6. The van der Waals surface area contributed by atoms with Crippen LogP contribution >= 0.6 is 0 Å². The number of esters is 2. The Balaban J connectivity index is 0.000000379. The summed E-state index contributed by atoms with van der Waals surface area (Å²) in [7, 11) is 0. The van der Waals surface area contributed by atoms with Crippen molar-refractivity contribution in [2.45, 2.75) is 78.7 Å². The molecule has 0 bridgehead atoms. The Morgan fingerprint density at radius 3 is 1.66 bits per heavy atom. The molecule has 2 saturated heterocycles. The maximum Gasteiger partial charge on any atom is 0.410 e. The molecule has 2 rings (SSSR count). The zero-order valence-electron chi connectivity index (χ0n) is 22.5. The molecule has 2 aliphatic rings. The fourth-order valence-electron chi connectivity index (χ4n) is 4.45. The molecule has 2 fully saturated rings. The Hall–Kier alpha value is -2.35. The Labute approximate surface area is 211 Å². The van der Waals surface area contributed by atoms with E-state index in [9.17, 15) is 14.4 Å². The van der Waals surface area contributed by atoms with Gasteiger partial charge in [-0.15, -0.1) is 13.2 Å². The zero-order valence-corrected chi connectivity index (χ0v) is 22.5. The first kappa shape index (κ1) is 30.7. The monoisotopic (exact) mass is 494 g/mol. The first-order chi connectivity index (χ1) is 16.5. The standard InChI is InChI=1S/C16H27NO4.C11H19NO2/c1-6-8-16(13(18)20-7-2)9-11-17(12-10-16)14(19)21-15(3,4)5;1-3-5-11(10(13)14-4-2)6-8-12-9-7-11/h6H,1,7-12H2,2-5H3;3,12H,1,4-9H2,2H3. The Morgan fingerprint density at radius 2 is 1.29 bits per heavy atom. The van der Waals surface area contributed by atoms with Gasteiger partial charge in [0.25, 0.3) is 0 Å². The van der Waals surface area contributed by atoms with Gasteiger partial charge in [0, 0.05) is 13.1 Å². The van der Waals surface area contributed by atoms with Crippen LogP contribution in [0.25, 0.3) is 0 Å². The number of rotatable bonds is 8. The predicted octanol–water partition coefficient (Wildman–Crippen LogP) is 4.64. The van der Waals surface area contributed by atoms with Crippen molar-refractivity contribution in [1.82, 2.24) is 10.2 Å². The topological polar surface area (TPSA) is 94.2 Å². The summed E-state index contributed by atoms with van der Waals surface area (Å²) in [5.41, 5.74) is -1.35. The van der Waals surface area contributed by atoms with E-state index in [-0.39, 0.29) is 23.4 Å². The van der Waals surface area contributed by atoms with Gasteiger partial charge in [-0.2, -0.15) is 0 Å². The van der Waals surface area contributed by atoms with Crippen LogP contribution in [0.1, 0.15) is 73.1 Å². The minimum Gasteiger partial charge on any atom is -0.466 e.